The summed E-state index contributed by atoms with van der Waals surface area (Å²) in [7, 11) is 1.92. The summed E-state index contributed by atoms with van der Waals surface area (Å²) in [6.45, 7) is 4.39. The van der Waals surface area contributed by atoms with E-state index in [1.165, 1.54) is 11.0 Å². The molecule has 8 nitrogen and oxygen atoms in total. The molecule has 1 aliphatic heterocycles. The van der Waals surface area contributed by atoms with Crippen LogP contribution in [0.2, 0.25) is 0 Å². The number of benzene rings is 1. The van der Waals surface area contributed by atoms with Crippen molar-refractivity contribution in [2.24, 2.45) is 13.0 Å². The Morgan fingerprint density at radius 2 is 1.86 bits per heavy atom. The minimum Gasteiger partial charge on any atom is -0.367 e. The summed E-state index contributed by atoms with van der Waals surface area (Å²) in [4.78, 5) is 20.2. The van der Waals surface area contributed by atoms with Crippen LogP contribution in [0.3, 0.4) is 0 Å². The molecule has 11 heteroatoms. The van der Waals surface area contributed by atoms with Crippen LogP contribution < -0.4 is 15.5 Å². The number of aromatic nitrogens is 4. The number of carbonyl (C=O) groups is 1. The number of hydrogen-bond acceptors (Lipinski definition) is 6. The van der Waals surface area contributed by atoms with Gasteiger partial charge in [-0.15, -0.1) is 10.2 Å². The average molecular weight is 594 g/mol. The van der Waals surface area contributed by atoms with Gasteiger partial charge in [-0.3, -0.25) is 9.69 Å². The van der Waals surface area contributed by atoms with Crippen molar-refractivity contribution in [3.8, 4) is 0 Å². The summed E-state index contributed by atoms with van der Waals surface area (Å²) in [6, 6.07) is 7.04. The summed E-state index contributed by atoms with van der Waals surface area (Å²) in [5.41, 5.74) is 0.299. The highest BCUT2D eigenvalue weighted by Crippen LogP contribution is 2.52. The number of nitrogens with one attached hydrogen (secondary N) is 2. The molecule has 7 rings (SSSR count). The van der Waals surface area contributed by atoms with E-state index in [1.54, 1.807) is 12.4 Å². The third-order valence-corrected chi connectivity index (χ3v) is 10.2. The lowest BCUT2D eigenvalue weighted by molar-refractivity contribution is -0.138. The minimum absolute atomic E-state index is 0.0112. The van der Waals surface area contributed by atoms with E-state index in [1.807, 2.05) is 23.7 Å². The molecule has 2 aromatic heterocycles. The maximum Gasteiger partial charge on any atom is 0.416 e. The molecule has 3 aromatic rings. The first-order chi connectivity index (χ1) is 20.4. The Morgan fingerprint density at radius 3 is 2.44 bits per heavy atom. The Morgan fingerprint density at radius 1 is 1.09 bits per heavy atom. The largest absolute Gasteiger partial charge is 0.416 e. The van der Waals surface area contributed by atoms with Gasteiger partial charge in [-0.2, -0.15) is 13.2 Å². The highest BCUT2D eigenvalue weighted by Gasteiger charge is 2.49. The van der Waals surface area contributed by atoms with E-state index in [-0.39, 0.29) is 35.8 Å². The third-order valence-electron chi connectivity index (χ3n) is 10.2. The van der Waals surface area contributed by atoms with Crippen LogP contribution in [0.25, 0.3) is 0 Å². The highest BCUT2D eigenvalue weighted by atomic mass is 19.4. The number of carbonyl (C=O) groups excluding carboxylic acids is 1. The van der Waals surface area contributed by atoms with E-state index in [0.717, 1.165) is 62.8 Å². The molecule has 0 atom stereocenters. The lowest BCUT2D eigenvalue weighted by Gasteiger charge is -2.46. The zero-order valence-electron chi connectivity index (χ0n) is 24.9. The SMILES string of the molecule is CC1CC(c2cc(NC3CCC3)nc(N3Cc4c(cc(CNC5(C)CCC5)cc4C(F)(F)F)C3=O)c2)(c2nncn2C)C1. The van der Waals surface area contributed by atoms with Gasteiger partial charge in [0, 0.05) is 30.7 Å². The minimum atomic E-state index is -4.58. The smallest absolute Gasteiger partial charge is 0.367 e. The molecule has 0 bridgehead atoms. The Kier molecular flexibility index (Phi) is 6.61. The highest BCUT2D eigenvalue weighted by molar-refractivity contribution is 6.10. The van der Waals surface area contributed by atoms with Crippen molar-refractivity contribution in [1.29, 1.82) is 0 Å². The van der Waals surface area contributed by atoms with Crippen molar-refractivity contribution < 1.29 is 18.0 Å². The van der Waals surface area contributed by atoms with Crippen molar-refractivity contribution in [3.05, 3.63) is 64.2 Å². The van der Waals surface area contributed by atoms with Crippen molar-refractivity contribution >= 4 is 17.5 Å². The first-order valence-corrected chi connectivity index (χ1v) is 15.4. The van der Waals surface area contributed by atoms with Gasteiger partial charge in [0.2, 0.25) is 0 Å². The second kappa shape index (κ2) is 10.0. The topological polar surface area (TPSA) is 88.0 Å². The van der Waals surface area contributed by atoms with Crippen LogP contribution in [0.5, 0.6) is 0 Å². The molecule has 0 radical (unpaired) electrons. The molecule has 228 valence electrons. The molecule has 0 unspecified atom stereocenters. The summed E-state index contributed by atoms with van der Waals surface area (Å²) < 4.78 is 45.1. The number of hydrogen-bond donors (Lipinski definition) is 2. The standard InChI is InChI=1S/C32H38F3N7O/c1-19-14-31(15-19,29-40-37-18-41(29)3)21-12-26(38-22-6-4-7-22)39-27(13-21)42-17-24-23(28(42)43)10-20(11-25(24)32(33,34)35)16-36-30(2)8-5-9-30/h10-13,18-19,22,36H,4-9,14-17H2,1-3H3,(H,38,39). The van der Waals surface area contributed by atoms with Gasteiger partial charge in [0.05, 0.1) is 17.5 Å². The molecule has 4 aliphatic rings. The van der Waals surface area contributed by atoms with Gasteiger partial charge >= 0.3 is 6.18 Å². The van der Waals surface area contributed by atoms with Gasteiger partial charge in [0.25, 0.3) is 5.91 Å². The number of rotatable bonds is 8. The van der Waals surface area contributed by atoms with Crippen LogP contribution in [-0.4, -0.2) is 37.2 Å². The molecule has 1 amide bonds. The monoisotopic (exact) mass is 593 g/mol. The number of fused-ring (bicyclic) bond motifs is 1. The van der Waals surface area contributed by atoms with Crippen molar-refractivity contribution in [2.45, 2.75) is 101 Å². The molecule has 0 spiro atoms. The number of pyridine rings is 1. The van der Waals surface area contributed by atoms with Gasteiger partial charge in [-0.25, -0.2) is 4.98 Å². The van der Waals surface area contributed by atoms with Crippen LogP contribution in [0.4, 0.5) is 24.8 Å². The molecule has 2 N–H and O–H groups in total. The molecule has 3 aliphatic carbocycles. The first-order valence-electron chi connectivity index (χ1n) is 15.4. The number of halogens is 3. The fourth-order valence-corrected chi connectivity index (χ4v) is 7.37. The molecule has 3 heterocycles. The number of alkyl halides is 3. The van der Waals surface area contributed by atoms with Crippen LogP contribution in [0.15, 0.2) is 30.6 Å². The van der Waals surface area contributed by atoms with Crippen molar-refractivity contribution in [1.82, 2.24) is 25.1 Å². The predicted octanol–water partition coefficient (Wildman–Crippen LogP) is 6.10. The lowest BCUT2D eigenvalue weighted by Crippen LogP contribution is -2.47. The van der Waals surface area contributed by atoms with Gasteiger partial charge < -0.3 is 15.2 Å². The Balaban J connectivity index is 1.28. The van der Waals surface area contributed by atoms with Gasteiger partial charge in [-0.1, -0.05) is 6.92 Å². The zero-order valence-corrected chi connectivity index (χ0v) is 24.9. The summed E-state index contributed by atoms with van der Waals surface area (Å²) in [5, 5.41) is 15.5. The lowest BCUT2D eigenvalue weighted by atomic mass is 9.58. The normalized spacial score (nSPS) is 24.7. The van der Waals surface area contributed by atoms with Crippen LogP contribution in [-0.2, 0) is 31.7 Å². The zero-order chi connectivity index (χ0) is 30.1. The summed E-state index contributed by atoms with van der Waals surface area (Å²) in [5.74, 6) is 1.85. The van der Waals surface area contributed by atoms with E-state index in [0.29, 0.717) is 23.1 Å². The predicted molar refractivity (Wildman–Crippen MR) is 157 cm³/mol. The average Bonchev–Trinajstić information content (AvgIpc) is 3.48. The van der Waals surface area contributed by atoms with E-state index in [2.05, 4.69) is 34.7 Å². The maximum absolute atomic E-state index is 14.4. The molecule has 43 heavy (non-hydrogen) atoms. The van der Waals surface area contributed by atoms with E-state index in [9.17, 15) is 18.0 Å². The number of aryl methyl sites for hydroxylation is 1. The van der Waals surface area contributed by atoms with Crippen LogP contribution >= 0.6 is 0 Å². The number of anilines is 2. The van der Waals surface area contributed by atoms with Gasteiger partial charge in [-0.05, 0) is 105 Å². The van der Waals surface area contributed by atoms with Crippen molar-refractivity contribution in [2.75, 3.05) is 10.2 Å². The summed E-state index contributed by atoms with van der Waals surface area (Å²) >= 11 is 0. The second-order valence-electron chi connectivity index (χ2n) is 13.6. The van der Waals surface area contributed by atoms with Gasteiger partial charge in [0.15, 0.2) is 0 Å². The van der Waals surface area contributed by atoms with Crippen molar-refractivity contribution in [3.63, 3.8) is 0 Å². The van der Waals surface area contributed by atoms with Gasteiger partial charge in [0.1, 0.15) is 23.8 Å². The third kappa shape index (κ3) is 4.89. The molecular weight excluding hydrogens is 555 g/mol. The fourth-order valence-electron chi connectivity index (χ4n) is 7.37. The van der Waals surface area contributed by atoms with Crippen LogP contribution in [0, 0.1) is 5.92 Å². The first kappa shape index (κ1) is 28.3. The maximum atomic E-state index is 14.4. The second-order valence-corrected chi connectivity index (χ2v) is 13.6. The van der Waals surface area contributed by atoms with Crippen LogP contribution in [0.1, 0.15) is 104 Å². The Hall–Kier alpha value is -3.47. The van der Waals surface area contributed by atoms with E-state index in [4.69, 9.17) is 4.98 Å². The number of nitrogens with zero attached hydrogens (tertiary/aromatic N) is 5. The molecule has 1 aromatic carbocycles. The Labute approximate surface area is 249 Å². The Bertz CT molecular complexity index is 1570. The molecule has 3 saturated carbocycles. The number of amides is 1. The summed E-state index contributed by atoms with van der Waals surface area (Å²) in [6.07, 6.45) is 5.11. The fraction of sp³-hybridized carbons (Fsp3) is 0.562. The quantitative estimate of drug-likeness (QED) is 0.328. The van der Waals surface area contributed by atoms with E-state index >= 15 is 0 Å². The molecule has 3 fully saturated rings. The molecular formula is C32H38F3N7O. The molecule has 0 saturated heterocycles. The van der Waals surface area contributed by atoms with E-state index < -0.39 is 23.1 Å².